The summed E-state index contributed by atoms with van der Waals surface area (Å²) in [5.74, 6) is 1.17. The van der Waals surface area contributed by atoms with E-state index in [-0.39, 0.29) is 12.8 Å². The van der Waals surface area contributed by atoms with E-state index in [4.69, 9.17) is 14.2 Å². The molecule has 17 heavy (non-hydrogen) atoms. The van der Waals surface area contributed by atoms with E-state index < -0.39 is 0 Å². The van der Waals surface area contributed by atoms with Crippen molar-refractivity contribution in [1.82, 2.24) is 0 Å². The van der Waals surface area contributed by atoms with Gasteiger partial charge in [0.1, 0.15) is 0 Å². The van der Waals surface area contributed by atoms with Crippen LogP contribution < -0.4 is 14.2 Å². The SMILES string of the molecule is CC(=O)Oc1c2c(cc3ccccc13)OCO2. The fourth-order valence-electron chi connectivity index (χ4n) is 1.91. The van der Waals surface area contributed by atoms with Gasteiger partial charge in [-0.05, 0) is 11.5 Å². The van der Waals surface area contributed by atoms with Crippen molar-refractivity contribution in [3.63, 3.8) is 0 Å². The number of hydrogen-bond donors (Lipinski definition) is 0. The van der Waals surface area contributed by atoms with Crippen molar-refractivity contribution in [2.45, 2.75) is 6.92 Å². The van der Waals surface area contributed by atoms with Crippen LogP contribution in [-0.4, -0.2) is 12.8 Å². The molecule has 0 fully saturated rings. The van der Waals surface area contributed by atoms with Gasteiger partial charge in [0.05, 0.1) is 0 Å². The molecule has 0 unspecified atom stereocenters. The molecule has 0 aliphatic carbocycles. The zero-order valence-electron chi connectivity index (χ0n) is 9.23. The largest absolute Gasteiger partial charge is 0.453 e. The minimum absolute atomic E-state index is 0.153. The van der Waals surface area contributed by atoms with Crippen LogP contribution in [0.1, 0.15) is 6.92 Å². The lowest BCUT2D eigenvalue weighted by Crippen LogP contribution is -2.03. The second-order valence-corrected chi connectivity index (χ2v) is 3.75. The smallest absolute Gasteiger partial charge is 0.308 e. The zero-order chi connectivity index (χ0) is 11.8. The van der Waals surface area contributed by atoms with Gasteiger partial charge in [-0.3, -0.25) is 4.79 Å². The van der Waals surface area contributed by atoms with Crippen molar-refractivity contribution < 1.29 is 19.0 Å². The van der Waals surface area contributed by atoms with Crippen LogP contribution in [-0.2, 0) is 4.79 Å². The van der Waals surface area contributed by atoms with Gasteiger partial charge in [-0.2, -0.15) is 0 Å². The average Bonchev–Trinajstić information content (AvgIpc) is 2.76. The number of rotatable bonds is 1. The number of carbonyl (C=O) groups excluding carboxylic acids is 1. The van der Waals surface area contributed by atoms with E-state index in [2.05, 4.69) is 0 Å². The highest BCUT2D eigenvalue weighted by Crippen LogP contribution is 2.46. The molecule has 3 rings (SSSR count). The topological polar surface area (TPSA) is 44.8 Å². The monoisotopic (exact) mass is 230 g/mol. The summed E-state index contributed by atoms with van der Waals surface area (Å²) in [6.45, 7) is 1.52. The quantitative estimate of drug-likeness (QED) is 0.557. The van der Waals surface area contributed by atoms with E-state index in [1.165, 1.54) is 6.92 Å². The molecule has 4 nitrogen and oxygen atoms in total. The standard InChI is InChI=1S/C13H10O4/c1-8(14)17-12-10-5-3-2-4-9(10)6-11-13(12)16-7-15-11/h2-6H,7H2,1H3. The molecule has 0 amide bonds. The van der Waals surface area contributed by atoms with Gasteiger partial charge in [0, 0.05) is 12.3 Å². The molecule has 0 spiro atoms. The van der Waals surface area contributed by atoms with Crippen molar-refractivity contribution in [2.75, 3.05) is 6.79 Å². The van der Waals surface area contributed by atoms with Gasteiger partial charge in [0.15, 0.2) is 11.5 Å². The molecule has 1 aliphatic heterocycles. The fourth-order valence-corrected chi connectivity index (χ4v) is 1.91. The number of fused-ring (bicyclic) bond motifs is 2. The highest BCUT2D eigenvalue weighted by molar-refractivity contribution is 5.95. The van der Waals surface area contributed by atoms with Crippen LogP contribution in [0.15, 0.2) is 30.3 Å². The lowest BCUT2D eigenvalue weighted by molar-refractivity contribution is -0.131. The summed E-state index contributed by atoms with van der Waals surface area (Å²) in [6.07, 6.45) is 0. The molecule has 2 aromatic carbocycles. The van der Waals surface area contributed by atoms with Gasteiger partial charge >= 0.3 is 5.97 Å². The second kappa shape index (κ2) is 3.66. The molecular weight excluding hydrogens is 220 g/mol. The van der Waals surface area contributed by atoms with E-state index >= 15 is 0 Å². The Morgan fingerprint density at radius 2 is 2.12 bits per heavy atom. The maximum absolute atomic E-state index is 11.1. The van der Waals surface area contributed by atoms with Crippen molar-refractivity contribution in [1.29, 1.82) is 0 Å². The van der Waals surface area contributed by atoms with Gasteiger partial charge in [0.2, 0.25) is 12.5 Å². The molecular formula is C13H10O4. The molecule has 0 aromatic heterocycles. The highest BCUT2D eigenvalue weighted by atomic mass is 16.7. The summed E-state index contributed by atoms with van der Waals surface area (Å²) in [7, 11) is 0. The first-order chi connectivity index (χ1) is 8.25. The van der Waals surface area contributed by atoms with E-state index in [0.29, 0.717) is 17.2 Å². The third-order valence-electron chi connectivity index (χ3n) is 2.59. The Labute approximate surface area is 97.7 Å². The summed E-state index contributed by atoms with van der Waals surface area (Å²) in [5, 5.41) is 1.79. The first-order valence-corrected chi connectivity index (χ1v) is 5.25. The highest BCUT2D eigenvalue weighted by Gasteiger charge is 2.23. The Morgan fingerprint density at radius 1 is 1.29 bits per heavy atom. The lowest BCUT2D eigenvalue weighted by Gasteiger charge is -2.09. The molecule has 4 heteroatoms. The Kier molecular flexibility index (Phi) is 2.14. The molecule has 86 valence electrons. The summed E-state index contributed by atoms with van der Waals surface area (Å²) in [4.78, 5) is 11.1. The number of hydrogen-bond acceptors (Lipinski definition) is 4. The maximum Gasteiger partial charge on any atom is 0.308 e. The minimum Gasteiger partial charge on any atom is -0.453 e. The Hall–Kier alpha value is -2.23. The van der Waals surface area contributed by atoms with Crippen LogP contribution in [0.2, 0.25) is 0 Å². The van der Waals surface area contributed by atoms with Crippen LogP contribution in [0, 0.1) is 0 Å². The fraction of sp³-hybridized carbons (Fsp3) is 0.154. The Bertz CT molecular complexity index is 604. The molecule has 2 aromatic rings. The van der Waals surface area contributed by atoms with Crippen LogP contribution in [0.25, 0.3) is 10.8 Å². The molecule has 0 radical (unpaired) electrons. The molecule has 0 N–H and O–H groups in total. The van der Waals surface area contributed by atoms with Gasteiger partial charge in [-0.25, -0.2) is 0 Å². The number of benzene rings is 2. The lowest BCUT2D eigenvalue weighted by atomic mass is 10.1. The van der Waals surface area contributed by atoms with Crippen molar-refractivity contribution in [3.8, 4) is 17.2 Å². The van der Waals surface area contributed by atoms with Crippen LogP contribution >= 0.6 is 0 Å². The van der Waals surface area contributed by atoms with E-state index in [1.54, 1.807) is 0 Å². The molecule has 0 bridgehead atoms. The molecule has 0 saturated carbocycles. The number of esters is 1. The van der Waals surface area contributed by atoms with Crippen LogP contribution in [0.5, 0.6) is 17.2 Å². The summed E-state index contributed by atoms with van der Waals surface area (Å²) < 4.78 is 15.9. The third kappa shape index (κ3) is 1.58. The van der Waals surface area contributed by atoms with Gasteiger partial charge < -0.3 is 14.2 Å². The van der Waals surface area contributed by atoms with E-state index in [0.717, 1.165) is 10.8 Å². The Balaban J connectivity index is 2.31. The third-order valence-corrected chi connectivity index (χ3v) is 2.59. The minimum atomic E-state index is -0.376. The van der Waals surface area contributed by atoms with Gasteiger partial charge in [-0.1, -0.05) is 24.3 Å². The number of ether oxygens (including phenoxy) is 3. The normalized spacial score (nSPS) is 12.8. The average molecular weight is 230 g/mol. The van der Waals surface area contributed by atoms with Gasteiger partial charge in [0.25, 0.3) is 0 Å². The number of carbonyl (C=O) groups is 1. The first kappa shape index (κ1) is 9.96. The zero-order valence-corrected chi connectivity index (χ0v) is 9.23. The van der Waals surface area contributed by atoms with Crippen molar-refractivity contribution in [2.24, 2.45) is 0 Å². The van der Waals surface area contributed by atoms with Crippen molar-refractivity contribution in [3.05, 3.63) is 30.3 Å². The summed E-state index contributed by atoms with van der Waals surface area (Å²) in [6, 6.07) is 9.50. The van der Waals surface area contributed by atoms with Crippen LogP contribution in [0.4, 0.5) is 0 Å². The first-order valence-electron chi connectivity index (χ1n) is 5.25. The Morgan fingerprint density at radius 3 is 2.94 bits per heavy atom. The summed E-state index contributed by atoms with van der Waals surface area (Å²) in [5.41, 5.74) is 0. The molecule has 1 heterocycles. The van der Waals surface area contributed by atoms with E-state index in [9.17, 15) is 4.79 Å². The molecule has 0 atom stereocenters. The molecule has 1 aliphatic rings. The van der Waals surface area contributed by atoms with Crippen LogP contribution in [0.3, 0.4) is 0 Å². The molecule has 0 saturated heterocycles. The predicted octanol–water partition coefficient (Wildman–Crippen LogP) is 2.49. The second-order valence-electron chi connectivity index (χ2n) is 3.75. The maximum atomic E-state index is 11.1. The predicted molar refractivity (Wildman–Crippen MR) is 61.4 cm³/mol. The van der Waals surface area contributed by atoms with E-state index in [1.807, 2.05) is 30.3 Å². The van der Waals surface area contributed by atoms with Crippen molar-refractivity contribution >= 4 is 16.7 Å². The summed E-state index contributed by atoms with van der Waals surface area (Å²) >= 11 is 0. The van der Waals surface area contributed by atoms with Gasteiger partial charge in [-0.15, -0.1) is 0 Å².